The Morgan fingerprint density at radius 1 is 1.60 bits per heavy atom. The summed E-state index contributed by atoms with van der Waals surface area (Å²) in [7, 11) is 0. The summed E-state index contributed by atoms with van der Waals surface area (Å²) in [6.45, 7) is 7.79. The highest BCUT2D eigenvalue weighted by molar-refractivity contribution is 5.76. The predicted molar refractivity (Wildman–Crippen MR) is 62.0 cm³/mol. The third-order valence-electron chi connectivity index (χ3n) is 2.81. The van der Waals surface area contributed by atoms with Crippen LogP contribution in [0.3, 0.4) is 0 Å². The van der Waals surface area contributed by atoms with Crippen molar-refractivity contribution in [2.45, 2.75) is 39.2 Å². The monoisotopic (exact) mass is 213 g/mol. The second-order valence-electron chi connectivity index (χ2n) is 4.22. The summed E-state index contributed by atoms with van der Waals surface area (Å²) in [4.78, 5) is 13.1. The van der Waals surface area contributed by atoms with Crippen LogP contribution >= 0.6 is 0 Å². The molecule has 1 heterocycles. The van der Waals surface area contributed by atoms with E-state index >= 15 is 0 Å². The molecule has 0 spiro atoms. The zero-order valence-corrected chi connectivity index (χ0v) is 9.88. The number of amides is 2. The molecule has 0 aromatic carbocycles. The van der Waals surface area contributed by atoms with Crippen molar-refractivity contribution in [3.63, 3.8) is 0 Å². The predicted octanol–water partition coefficient (Wildman–Crippen LogP) is 1.18. The van der Waals surface area contributed by atoms with E-state index in [1.807, 2.05) is 4.90 Å². The molecule has 1 aliphatic rings. The molecule has 0 radical (unpaired) electrons. The molecule has 1 aliphatic heterocycles. The van der Waals surface area contributed by atoms with Gasteiger partial charge in [-0.15, -0.1) is 0 Å². The van der Waals surface area contributed by atoms with Crippen molar-refractivity contribution in [1.82, 2.24) is 15.5 Å². The molecule has 1 rings (SSSR count). The Morgan fingerprint density at radius 3 is 3.00 bits per heavy atom. The van der Waals surface area contributed by atoms with Crippen molar-refractivity contribution >= 4 is 6.03 Å². The Bertz CT molecular complexity index is 196. The average Bonchev–Trinajstić information content (AvgIpc) is 2.61. The zero-order valence-electron chi connectivity index (χ0n) is 9.88. The number of hydrogen-bond acceptors (Lipinski definition) is 2. The van der Waals surface area contributed by atoms with E-state index in [2.05, 4.69) is 24.5 Å². The summed E-state index contributed by atoms with van der Waals surface area (Å²) in [5.41, 5.74) is 0. The minimum atomic E-state index is 0.0815. The van der Waals surface area contributed by atoms with Crippen LogP contribution in [0, 0.1) is 0 Å². The quantitative estimate of drug-likeness (QED) is 0.667. The number of carbonyl (C=O) groups excluding carboxylic acids is 1. The summed E-state index contributed by atoms with van der Waals surface area (Å²) >= 11 is 0. The van der Waals surface area contributed by atoms with E-state index in [0.29, 0.717) is 6.04 Å². The SMILES string of the molecule is CCCCC(C)NCCN1CCNC1=O. The molecule has 0 aliphatic carbocycles. The molecule has 88 valence electrons. The first-order chi connectivity index (χ1) is 7.24. The van der Waals surface area contributed by atoms with Gasteiger partial charge >= 0.3 is 6.03 Å². The maximum atomic E-state index is 11.2. The lowest BCUT2D eigenvalue weighted by molar-refractivity contribution is 0.217. The second kappa shape index (κ2) is 6.67. The normalized spacial score (nSPS) is 18.0. The Hall–Kier alpha value is -0.770. The first kappa shape index (κ1) is 12.3. The van der Waals surface area contributed by atoms with Crippen LogP contribution < -0.4 is 10.6 Å². The zero-order chi connectivity index (χ0) is 11.1. The van der Waals surface area contributed by atoms with Crippen LogP contribution in [0.15, 0.2) is 0 Å². The third-order valence-corrected chi connectivity index (χ3v) is 2.81. The van der Waals surface area contributed by atoms with Crippen molar-refractivity contribution in [3.8, 4) is 0 Å². The highest BCUT2D eigenvalue weighted by atomic mass is 16.2. The molecule has 0 aromatic heterocycles. The van der Waals surface area contributed by atoms with E-state index in [-0.39, 0.29) is 6.03 Å². The highest BCUT2D eigenvalue weighted by Gasteiger charge is 2.18. The smallest absolute Gasteiger partial charge is 0.317 e. The molecular formula is C11H23N3O. The van der Waals surface area contributed by atoms with Gasteiger partial charge in [0.05, 0.1) is 0 Å². The van der Waals surface area contributed by atoms with E-state index in [1.54, 1.807) is 0 Å². The van der Waals surface area contributed by atoms with Gasteiger partial charge in [0.25, 0.3) is 0 Å². The van der Waals surface area contributed by atoms with Crippen molar-refractivity contribution in [3.05, 3.63) is 0 Å². The van der Waals surface area contributed by atoms with Crippen LogP contribution in [-0.4, -0.2) is 43.2 Å². The topological polar surface area (TPSA) is 44.4 Å². The van der Waals surface area contributed by atoms with Crippen molar-refractivity contribution < 1.29 is 4.79 Å². The largest absolute Gasteiger partial charge is 0.336 e. The number of nitrogens with zero attached hydrogens (tertiary/aromatic N) is 1. The molecule has 0 saturated carbocycles. The third kappa shape index (κ3) is 4.51. The summed E-state index contributed by atoms with van der Waals surface area (Å²) < 4.78 is 0. The van der Waals surface area contributed by atoms with Gasteiger partial charge < -0.3 is 15.5 Å². The molecule has 0 aromatic rings. The number of carbonyl (C=O) groups is 1. The Balaban J connectivity index is 2.02. The molecule has 1 saturated heterocycles. The lowest BCUT2D eigenvalue weighted by atomic mass is 10.1. The number of hydrogen-bond donors (Lipinski definition) is 2. The van der Waals surface area contributed by atoms with Gasteiger partial charge in [-0.05, 0) is 13.3 Å². The first-order valence-corrected chi connectivity index (χ1v) is 6.00. The summed E-state index contributed by atoms with van der Waals surface area (Å²) in [6, 6.07) is 0.647. The second-order valence-corrected chi connectivity index (χ2v) is 4.22. The van der Waals surface area contributed by atoms with Crippen molar-refractivity contribution in [2.75, 3.05) is 26.2 Å². The van der Waals surface area contributed by atoms with E-state index in [9.17, 15) is 4.79 Å². The maximum Gasteiger partial charge on any atom is 0.317 e. The van der Waals surface area contributed by atoms with E-state index in [0.717, 1.165) is 26.2 Å². The van der Waals surface area contributed by atoms with Crippen LogP contribution in [0.1, 0.15) is 33.1 Å². The molecule has 4 heteroatoms. The van der Waals surface area contributed by atoms with Crippen molar-refractivity contribution in [2.24, 2.45) is 0 Å². The average molecular weight is 213 g/mol. The summed E-state index contributed by atoms with van der Waals surface area (Å²) in [6.07, 6.45) is 3.75. The van der Waals surface area contributed by atoms with Gasteiger partial charge in [0.1, 0.15) is 0 Å². The van der Waals surface area contributed by atoms with Crippen LogP contribution in [-0.2, 0) is 0 Å². The van der Waals surface area contributed by atoms with E-state index in [1.165, 1.54) is 19.3 Å². The van der Waals surface area contributed by atoms with Gasteiger partial charge in [-0.2, -0.15) is 0 Å². The molecule has 15 heavy (non-hydrogen) atoms. The van der Waals surface area contributed by atoms with E-state index in [4.69, 9.17) is 0 Å². The minimum absolute atomic E-state index is 0.0815. The Kier molecular flexibility index (Phi) is 5.47. The fraction of sp³-hybridized carbons (Fsp3) is 0.909. The number of unbranched alkanes of at least 4 members (excludes halogenated alkanes) is 1. The molecule has 1 atom stereocenters. The van der Waals surface area contributed by atoms with Gasteiger partial charge in [0, 0.05) is 32.2 Å². The standard InChI is InChI=1S/C11H23N3O/c1-3-4-5-10(2)12-6-8-14-9-7-13-11(14)15/h10,12H,3-9H2,1-2H3,(H,13,15). The van der Waals surface area contributed by atoms with Gasteiger partial charge in [-0.25, -0.2) is 4.79 Å². The van der Waals surface area contributed by atoms with Crippen LogP contribution in [0.2, 0.25) is 0 Å². The lowest BCUT2D eigenvalue weighted by Gasteiger charge is -2.17. The highest BCUT2D eigenvalue weighted by Crippen LogP contribution is 1.99. The molecule has 2 amide bonds. The van der Waals surface area contributed by atoms with Crippen LogP contribution in [0.4, 0.5) is 4.79 Å². The number of rotatable bonds is 7. The Labute approximate surface area is 92.4 Å². The fourth-order valence-corrected chi connectivity index (χ4v) is 1.78. The minimum Gasteiger partial charge on any atom is -0.336 e. The molecule has 1 fully saturated rings. The summed E-state index contributed by atoms with van der Waals surface area (Å²) in [5.74, 6) is 0. The number of urea groups is 1. The fourth-order valence-electron chi connectivity index (χ4n) is 1.78. The Morgan fingerprint density at radius 2 is 2.40 bits per heavy atom. The van der Waals surface area contributed by atoms with E-state index < -0.39 is 0 Å². The first-order valence-electron chi connectivity index (χ1n) is 6.00. The van der Waals surface area contributed by atoms with Gasteiger partial charge in [0.15, 0.2) is 0 Å². The molecular weight excluding hydrogens is 190 g/mol. The molecule has 1 unspecified atom stereocenters. The van der Waals surface area contributed by atoms with Gasteiger partial charge in [-0.1, -0.05) is 19.8 Å². The van der Waals surface area contributed by atoms with Gasteiger partial charge in [0.2, 0.25) is 0 Å². The summed E-state index contributed by atoms with van der Waals surface area (Å²) in [5, 5.41) is 6.24. The maximum absolute atomic E-state index is 11.2. The van der Waals surface area contributed by atoms with Gasteiger partial charge in [-0.3, -0.25) is 0 Å². The molecule has 2 N–H and O–H groups in total. The van der Waals surface area contributed by atoms with Crippen LogP contribution in [0.5, 0.6) is 0 Å². The van der Waals surface area contributed by atoms with Crippen LogP contribution in [0.25, 0.3) is 0 Å². The lowest BCUT2D eigenvalue weighted by Crippen LogP contribution is -2.37. The molecule has 4 nitrogen and oxygen atoms in total. The number of nitrogens with one attached hydrogen (secondary N) is 2. The molecule has 0 bridgehead atoms. The van der Waals surface area contributed by atoms with Crippen molar-refractivity contribution in [1.29, 1.82) is 0 Å².